The molecule has 8 heteroatoms. The third-order valence-electron chi connectivity index (χ3n) is 3.49. The number of aromatic nitrogens is 3. The van der Waals surface area contributed by atoms with Gasteiger partial charge < -0.3 is 9.47 Å². The fourth-order valence-electron chi connectivity index (χ4n) is 2.14. The Morgan fingerprint density at radius 1 is 1.27 bits per heavy atom. The van der Waals surface area contributed by atoms with Crippen LogP contribution in [-0.2, 0) is 6.61 Å². The Hall–Kier alpha value is -3.44. The van der Waals surface area contributed by atoms with Gasteiger partial charge in [0, 0.05) is 6.07 Å². The molecule has 0 spiro atoms. The summed E-state index contributed by atoms with van der Waals surface area (Å²) in [5, 5.41) is 20.0. The van der Waals surface area contributed by atoms with E-state index in [0.717, 1.165) is 5.56 Å². The molecule has 3 aromatic rings. The molecule has 0 saturated heterocycles. The van der Waals surface area contributed by atoms with Gasteiger partial charge in [-0.15, -0.1) is 0 Å². The molecule has 0 atom stereocenters. The summed E-state index contributed by atoms with van der Waals surface area (Å²) in [6, 6.07) is 16.4. The summed E-state index contributed by atoms with van der Waals surface area (Å²) in [4.78, 5) is 0. The van der Waals surface area contributed by atoms with E-state index in [4.69, 9.17) is 27.0 Å². The van der Waals surface area contributed by atoms with Crippen LogP contribution in [0.3, 0.4) is 0 Å². The molecule has 1 aromatic heterocycles. The number of rotatable bonds is 6. The molecular weight excluding hydrogens is 350 g/mol. The zero-order chi connectivity index (χ0) is 18.4. The van der Waals surface area contributed by atoms with Crippen LogP contribution < -0.4 is 9.47 Å². The van der Waals surface area contributed by atoms with Crippen LogP contribution in [0.1, 0.15) is 17.0 Å². The number of nitrogens with one attached hydrogen (secondary N) is 1. The number of hydrogen-bond donors (Lipinski definition) is 1. The van der Waals surface area contributed by atoms with Crippen LogP contribution in [0.5, 0.6) is 11.5 Å². The Labute approximate surface area is 155 Å². The van der Waals surface area contributed by atoms with Crippen LogP contribution in [0, 0.1) is 16.1 Å². The molecule has 7 nitrogen and oxygen atoms in total. The fourth-order valence-corrected chi connectivity index (χ4v) is 2.34. The van der Waals surface area contributed by atoms with Crippen molar-refractivity contribution in [3.8, 4) is 17.6 Å². The highest BCUT2D eigenvalue weighted by Gasteiger charge is 2.06. The number of benzene rings is 2. The number of nitrogens with zero attached hydrogens (tertiary/aromatic N) is 4. The highest BCUT2D eigenvalue weighted by molar-refractivity contribution is 7.71. The number of aromatic amines is 1. The van der Waals surface area contributed by atoms with E-state index in [1.165, 1.54) is 4.68 Å². The Morgan fingerprint density at radius 3 is 2.77 bits per heavy atom. The fraction of sp³-hybridized carbons (Fsp3) is 0.111. The summed E-state index contributed by atoms with van der Waals surface area (Å²) in [6.07, 6.45) is 1.64. The Kier molecular flexibility index (Phi) is 5.41. The van der Waals surface area contributed by atoms with Gasteiger partial charge in [0.15, 0.2) is 5.82 Å². The van der Waals surface area contributed by atoms with E-state index in [-0.39, 0.29) is 6.61 Å². The first-order valence-corrected chi connectivity index (χ1v) is 8.08. The van der Waals surface area contributed by atoms with E-state index in [0.29, 0.717) is 27.7 Å². The van der Waals surface area contributed by atoms with E-state index < -0.39 is 0 Å². The molecule has 0 unspecified atom stereocenters. The molecule has 1 N–H and O–H groups in total. The lowest BCUT2D eigenvalue weighted by Gasteiger charge is -2.07. The van der Waals surface area contributed by atoms with Crippen molar-refractivity contribution in [2.45, 2.75) is 6.61 Å². The number of nitriles is 1. The smallest absolute Gasteiger partial charge is 0.216 e. The van der Waals surface area contributed by atoms with Gasteiger partial charge in [-0.1, -0.05) is 18.2 Å². The number of H-pyrrole nitrogens is 1. The van der Waals surface area contributed by atoms with Crippen molar-refractivity contribution in [1.29, 1.82) is 5.26 Å². The highest BCUT2D eigenvalue weighted by atomic mass is 32.1. The SMILES string of the molecule is COc1cccc(OCc2n[nH]c(=S)n2/N=C\c2ccc(C#N)cc2)c1. The molecule has 0 aliphatic rings. The second-order valence-corrected chi connectivity index (χ2v) is 5.59. The van der Waals surface area contributed by atoms with Crippen LogP contribution >= 0.6 is 12.2 Å². The van der Waals surface area contributed by atoms with Gasteiger partial charge in [-0.05, 0) is 42.0 Å². The van der Waals surface area contributed by atoms with Gasteiger partial charge in [0.25, 0.3) is 0 Å². The van der Waals surface area contributed by atoms with Crippen molar-refractivity contribution >= 4 is 18.4 Å². The minimum Gasteiger partial charge on any atom is -0.497 e. The Balaban J connectivity index is 1.74. The lowest BCUT2D eigenvalue weighted by Crippen LogP contribution is -2.04. The molecule has 0 bridgehead atoms. The lowest BCUT2D eigenvalue weighted by atomic mass is 10.2. The summed E-state index contributed by atoms with van der Waals surface area (Å²) in [7, 11) is 1.60. The molecule has 1 heterocycles. The molecule has 0 aliphatic carbocycles. The van der Waals surface area contributed by atoms with Gasteiger partial charge in [0.1, 0.15) is 18.1 Å². The number of ether oxygens (including phenoxy) is 2. The average Bonchev–Trinajstić information content (AvgIpc) is 3.05. The standard InChI is InChI=1S/C18H15N5O2S/c1-24-15-3-2-4-16(9-15)25-12-17-21-22-18(26)23(17)20-11-14-7-5-13(10-19)6-8-14/h2-9,11H,12H2,1H3,(H,22,26)/b20-11-. The minimum absolute atomic E-state index is 0.186. The van der Waals surface area contributed by atoms with Gasteiger partial charge in [0.2, 0.25) is 4.77 Å². The van der Waals surface area contributed by atoms with E-state index in [1.807, 2.05) is 18.2 Å². The monoisotopic (exact) mass is 365 g/mol. The van der Waals surface area contributed by atoms with Crippen LogP contribution in [-0.4, -0.2) is 28.2 Å². The summed E-state index contributed by atoms with van der Waals surface area (Å²) in [5.74, 6) is 1.89. The van der Waals surface area contributed by atoms with Crippen molar-refractivity contribution in [2.75, 3.05) is 7.11 Å². The summed E-state index contributed by atoms with van der Waals surface area (Å²) < 4.78 is 12.8. The molecule has 130 valence electrons. The first kappa shape index (κ1) is 17.4. The van der Waals surface area contributed by atoms with Crippen molar-refractivity contribution in [3.05, 3.63) is 70.3 Å². The Morgan fingerprint density at radius 2 is 2.04 bits per heavy atom. The number of hydrogen-bond acceptors (Lipinski definition) is 6. The molecule has 0 fully saturated rings. The third kappa shape index (κ3) is 4.15. The molecule has 0 radical (unpaired) electrons. The summed E-state index contributed by atoms with van der Waals surface area (Å²) in [6.45, 7) is 0.186. The lowest BCUT2D eigenvalue weighted by molar-refractivity contribution is 0.288. The van der Waals surface area contributed by atoms with Crippen LogP contribution in [0.2, 0.25) is 0 Å². The molecule has 0 saturated carbocycles. The van der Waals surface area contributed by atoms with Gasteiger partial charge in [0.05, 0.1) is 25.0 Å². The maximum Gasteiger partial charge on any atom is 0.216 e. The van der Waals surface area contributed by atoms with Gasteiger partial charge in [-0.2, -0.15) is 20.1 Å². The van der Waals surface area contributed by atoms with E-state index >= 15 is 0 Å². The molecule has 26 heavy (non-hydrogen) atoms. The topological polar surface area (TPSA) is 88.2 Å². The van der Waals surface area contributed by atoms with Crippen LogP contribution in [0.4, 0.5) is 0 Å². The number of methoxy groups -OCH3 is 1. The van der Waals surface area contributed by atoms with Crippen molar-refractivity contribution in [1.82, 2.24) is 14.9 Å². The second-order valence-electron chi connectivity index (χ2n) is 5.20. The predicted molar refractivity (Wildman–Crippen MR) is 98.9 cm³/mol. The van der Waals surface area contributed by atoms with Gasteiger partial charge in [-0.3, -0.25) is 0 Å². The average molecular weight is 365 g/mol. The summed E-state index contributed by atoms with van der Waals surface area (Å²) >= 11 is 5.21. The third-order valence-corrected chi connectivity index (χ3v) is 3.75. The molecule has 2 aromatic carbocycles. The predicted octanol–water partition coefficient (Wildman–Crippen LogP) is 3.28. The van der Waals surface area contributed by atoms with Gasteiger partial charge >= 0.3 is 0 Å². The minimum atomic E-state index is 0.186. The van der Waals surface area contributed by atoms with E-state index in [9.17, 15) is 0 Å². The Bertz CT molecular complexity index is 1020. The second kappa shape index (κ2) is 8.09. The molecule has 0 aliphatic heterocycles. The van der Waals surface area contributed by atoms with E-state index in [2.05, 4.69) is 21.4 Å². The van der Waals surface area contributed by atoms with Crippen molar-refractivity contribution < 1.29 is 9.47 Å². The normalized spacial score (nSPS) is 10.6. The van der Waals surface area contributed by atoms with Crippen molar-refractivity contribution in [2.24, 2.45) is 5.10 Å². The van der Waals surface area contributed by atoms with Crippen LogP contribution in [0.15, 0.2) is 53.6 Å². The van der Waals surface area contributed by atoms with Gasteiger partial charge in [-0.25, -0.2) is 5.10 Å². The summed E-state index contributed by atoms with van der Waals surface area (Å²) in [5.41, 5.74) is 1.43. The maximum absolute atomic E-state index is 8.83. The highest BCUT2D eigenvalue weighted by Crippen LogP contribution is 2.19. The van der Waals surface area contributed by atoms with Crippen molar-refractivity contribution in [3.63, 3.8) is 0 Å². The quantitative estimate of drug-likeness (QED) is 0.535. The molecular formula is C18H15N5O2S. The zero-order valence-corrected chi connectivity index (χ0v) is 14.7. The van der Waals surface area contributed by atoms with Crippen LogP contribution in [0.25, 0.3) is 0 Å². The largest absolute Gasteiger partial charge is 0.497 e. The zero-order valence-electron chi connectivity index (χ0n) is 13.9. The molecule has 0 amide bonds. The first-order valence-electron chi connectivity index (χ1n) is 7.67. The maximum atomic E-state index is 8.83. The van der Waals surface area contributed by atoms with E-state index in [1.54, 1.807) is 43.7 Å². The molecule has 3 rings (SSSR count). The first-order chi connectivity index (χ1) is 12.7.